The summed E-state index contributed by atoms with van der Waals surface area (Å²) in [5.41, 5.74) is 5.42. The molecular weight excluding hydrogens is 399 g/mol. The number of likely N-dealkylation sites (tertiary alicyclic amines) is 1. The lowest BCUT2D eigenvalue weighted by Gasteiger charge is -2.38. The van der Waals surface area contributed by atoms with Crippen molar-refractivity contribution < 1.29 is 14.4 Å². The number of urea groups is 1. The fourth-order valence-corrected chi connectivity index (χ4v) is 3.43. The first-order chi connectivity index (χ1) is 12.3. The Bertz CT molecular complexity index is 698. The summed E-state index contributed by atoms with van der Waals surface area (Å²) < 4.78 is 0. The SMILES string of the molecule is CSCCC(NC(=O)c1ccc(Cl)cc1Cl)C(=O)NC1CN(C(N)=O)C1. The number of rotatable bonds is 7. The molecule has 1 unspecified atom stereocenters. The van der Waals surface area contributed by atoms with Crippen LogP contribution >= 0.6 is 35.0 Å². The second kappa shape index (κ2) is 9.34. The molecule has 1 aromatic rings. The zero-order valence-electron chi connectivity index (χ0n) is 14.1. The van der Waals surface area contributed by atoms with Gasteiger partial charge in [0.1, 0.15) is 6.04 Å². The van der Waals surface area contributed by atoms with Crippen LogP contribution in [0, 0.1) is 0 Å². The molecule has 0 bridgehead atoms. The number of nitrogens with zero attached hydrogens (tertiary/aromatic N) is 1. The van der Waals surface area contributed by atoms with Crippen molar-refractivity contribution in [1.29, 1.82) is 0 Å². The number of nitrogens with two attached hydrogens (primary N) is 1. The van der Waals surface area contributed by atoms with Crippen molar-refractivity contribution in [3.05, 3.63) is 33.8 Å². The van der Waals surface area contributed by atoms with Gasteiger partial charge in [-0.15, -0.1) is 0 Å². The molecule has 142 valence electrons. The van der Waals surface area contributed by atoms with E-state index >= 15 is 0 Å². The quantitative estimate of drug-likeness (QED) is 0.626. The van der Waals surface area contributed by atoms with Crippen molar-refractivity contribution in [3.63, 3.8) is 0 Å². The van der Waals surface area contributed by atoms with Gasteiger partial charge in [0, 0.05) is 18.1 Å². The number of hydrogen-bond donors (Lipinski definition) is 3. The lowest BCUT2D eigenvalue weighted by molar-refractivity contribution is -0.124. The van der Waals surface area contributed by atoms with Crippen LogP contribution in [0.3, 0.4) is 0 Å². The zero-order valence-corrected chi connectivity index (χ0v) is 16.5. The topological polar surface area (TPSA) is 105 Å². The third-order valence-corrected chi connectivity index (χ3v) is 5.14. The predicted octanol–water partition coefficient (Wildman–Crippen LogP) is 1.72. The van der Waals surface area contributed by atoms with Gasteiger partial charge in [-0.25, -0.2) is 4.79 Å². The number of amides is 4. The maximum absolute atomic E-state index is 12.5. The highest BCUT2D eigenvalue weighted by Gasteiger charge is 2.32. The first kappa shape index (κ1) is 20.7. The van der Waals surface area contributed by atoms with Crippen molar-refractivity contribution in [2.24, 2.45) is 5.73 Å². The van der Waals surface area contributed by atoms with Crippen molar-refractivity contribution in [2.45, 2.75) is 18.5 Å². The predicted molar refractivity (Wildman–Crippen MR) is 104 cm³/mol. The molecule has 1 saturated heterocycles. The molecule has 4 amide bonds. The Morgan fingerprint density at radius 3 is 2.62 bits per heavy atom. The molecule has 26 heavy (non-hydrogen) atoms. The third kappa shape index (κ3) is 5.43. The van der Waals surface area contributed by atoms with Crippen molar-refractivity contribution in [3.8, 4) is 0 Å². The van der Waals surface area contributed by atoms with E-state index in [2.05, 4.69) is 10.6 Å². The lowest BCUT2D eigenvalue weighted by atomic mass is 10.1. The molecule has 0 radical (unpaired) electrons. The molecule has 1 aliphatic rings. The largest absolute Gasteiger partial charge is 0.351 e. The summed E-state index contributed by atoms with van der Waals surface area (Å²) >= 11 is 13.5. The molecule has 1 fully saturated rings. The summed E-state index contributed by atoms with van der Waals surface area (Å²) in [5, 5.41) is 6.18. The minimum atomic E-state index is -0.704. The average molecular weight is 419 g/mol. The fraction of sp³-hybridized carbons (Fsp3) is 0.438. The van der Waals surface area contributed by atoms with Crippen LogP contribution < -0.4 is 16.4 Å². The van der Waals surface area contributed by atoms with E-state index in [0.717, 1.165) is 0 Å². The molecule has 1 atom stereocenters. The van der Waals surface area contributed by atoms with Crippen LogP contribution in [-0.2, 0) is 4.79 Å². The summed E-state index contributed by atoms with van der Waals surface area (Å²) in [6.07, 6.45) is 2.39. The van der Waals surface area contributed by atoms with Gasteiger partial charge >= 0.3 is 6.03 Å². The van der Waals surface area contributed by atoms with E-state index in [4.69, 9.17) is 28.9 Å². The molecule has 1 aromatic carbocycles. The number of nitrogens with one attached hydrogen (secondary N) is 2. The van der Waals surface area contributed by atoms with Crippen LogP contribution in [0.1, 0.15) is 16.8 Å². The average Bonchev–Trinajstić information content (AvgIpc) is 2.53. The van der Waals surface area contributed by atoms with E-state index in [1.54, 1.807) is 17.8 Å². The molecular formula is C16H20Cl2N4O3S. The van der Waals surface area contributed by atoms with Crippen LogP contribution in [0.25, 0.3) is 0 Å². The van der Waals surface area contributed by atoms with E-state index in [0.29, 0.717) is 30.3 Å². The Balaban J connectivity index is 1.98. The van der Waals surface area contributed by atoms with Gasteiger partial charge in [0.2, 0.25) is 5.91 Å². The van der Waals surface area contributed by atoms with E-state index in [9.17, 15) is 14.4 Å². The fourth-order valence-electron chi connectivity index (χ4n) is 2.47. The van der Waals surface area contributed by atoms with Gasteiger partial charge in [0.25, 0.3) is 5.91 Å². The van der Waals surface area contributed by atoms with Gasteiger partial charge < -0.3 is 21.3 Å². The molecule has 1 heterocycles. The molecule has 0 saturated carbocycles. The number of halogens is 2. The van der Waals surface area contributed by atoms with Gasteiger partial charge in [-0.05, 0) is 36.6 Å². The Labute approximate surface area is 165 Å². The monoisotopic (exact) mass is 418 g/mol. The molecule has 10 heteroatoms. The number of benzene rings is 1. The first-order valence-electron chi connectivity index (χ1n) is 7.91. The van der Waals surface area contributed by atoms with E-state index in [1.165, 1.54) is 17.0 Å². The third-order valence-electron chi connectivity index (χ3n) is 3.95. The van der Waals surface area contributed by atoms with Crippen LogP contribution in [-0.4, -0.2) is 59.9 Å². The highest BCUT2D eigenvalue weighted by Crippen LogP contribution is 2.21. The second-order valence-corrected chi connectivity index (χ2v) is 7.71. The summed E-state index contributed by atoms with van der Waals surface area (Å²) in [6, 6.07) is 3.17. The zero-order chi connectivity index (χ0) is 19.3. The van der Waals surface area contributed by atoms with E-state index in [-0.39, 0.29) is 22.5 Å². The number of primary amides is 1. The Kier molecular flexibility index (Phi) is 7.43. The molecule has 0 aromatic heterocycles. The van der Waals surface area contributed by atoms with Gasteiger partial charge in [-0.3, -0.25) is 9.59 Å². The van der Waals surface area contributed by atoms with Gasteiger partial charge in [0.05, 0.1) is 16.6 Å². The number of hydrogen-bond acceptors (Lipinski definition) is 4. The van der Waals surface area contributed by atoms with Crippen LogP contribution in [0.2, 0.25) is 10.0 Å². The van der Waals surface area contributed by atoms with Crippen molar-refractivity contribution in [1.82, 2.24) is 15.5 Å². The van der Waals surface area contributed by atoms with Crippen molar-refractivity contribution >= 4 is 52.8 Å². The molecule has 2 rings (SSSR count). The standard InChI is InChI=1S/C16H20Cl2N4O3S/c1-26-5-4-13(15(24)20-10-7-22(8-10)16(19)25)21-14(23)11-3-2-9(17)6-12(11)18/h2-3,6,10,13H,4-5,7-8H2,1H3,(H2,19,25)(H,20,24)(H,21,23). The van der Waals surface area contributed by atoms with Crippen LogP contribution in [0.4, 0.5) is 4.79 Å². The molecule has 0 aliphatic carbocycles. The molecule has 0 spiro atoms. The van der Waals surface area contributed by atoms with Gasteiger partial charge in [0.15, 0.2) is 0 Å². The molecule has 1 aliphatic heterocycles. The highest BCUT2D eigenvalue weighted by molar-refractivity contribution is 7.98. The summed E-state index contributed by atoms with van der Waals surface area (Å²) in [4.78, 5) is 37.4. The first-order valence-corrected chi connectivity index (χ1v) is 10.1. The van der Waals surface area contributed by atoms with Crippen LogP contribution in [0.5, 0.6) is 0 Å². The minimum Gasteiger partial charge on any atom is -0.351 e. The lowest BCUT2D eigenvalue weighted by Crippen LogP contribution is -2.64. The van der Waals surface area contributed by atoms with Crippen molar-refractivity contribution in [2.75, 3.05) is 25.1 Å². The maximum atomic E-state index is 12.5. The summed E-state index contributed by atoms with van der Waals surface area (Å²) in [5.74, 6) is -0.0444. The number of carbonyl (C=O) groups is 3. The summed E-state index contributed by atoms with van der Waals surface area (Å²) in [7, 11) is 0. The van der Waals surface area contributed by atoms with Gasteiger partial charge in [-0.2, -0.15) is 11.8 Å². The normalized spacial score (nSPS) is 15.1. The highest BCUT2D eigenvalue weighted by atomic mass is 35.5. The molecule has 7 nitrogen and oxygen atoms in total. The smallest absolute Gasteiger partial charge is 0.314 e. The minimum absolute atomic E-state index is 0.164. The maximum Gasteiger partial charge on any atom is 0.314 e. The molecule has 4 N–H and O–H groups in total. The Morgan fingerprint density at radius 1 is 1.35 bits per heavy atom. The van der Waals surface area contributed by atoms with Crippen LogP contribution in [0.15, 0.2) is 18.2 Å². The van der Waals surface area contributed by atoms with E-state index < -0.39 is 18.0 Å². The Morgan fingerprint density at radius 2 is 2.04 bits per heavy atom. The number of thioether (sulfide) groups is 1. The summed E-state index contributed by atoms with van der Waals surface area (Å²) in [6.45, 7) is 0.737. The van der Waals surface area contributed by atoms with Gasteiger partial charge in [-0.1, -0.05) is 23.2 Å². The van der Waals surface area contributed by atoms with E-state index in [1.807, 2.05) is 6.26 Å². The number of carbonyl (C=O) groups excluding carboxylic acids is 3. The Hall–Kier alpha value is -1.64. The second-order valence-electron chi connectivity index (χ2n) is 5.88.